The van der Waals surface area contributed by atoms with Gasteiger partial charge in [-0.05, 0) is 59.2 Å². The molecular formula is C32H30N4O3. The first-order valence-electron chi connectivity index (χ1n) is 12.4. The zero-order valence-electron chi connectivity index (χ0n) is 21.9. The van der Waals surface area contributed by atoms with E-state index in [-0.39, 0.29) is 5.70 Å². The molecule has 2 N–H and O–H groups in total. The minimum atomic E-state index is -0.552. The molecule has 0 fully saturated rings. The van der Waals surface area contributed by atoms with Crippen LogP contribution in [0, 0.1) is 0 Å². The average Bonchev–Trinajstić information content (AvgIpc) is 2.97. The highest BCUT2D eigenvalue weighted by Gasteiger charge is 2.14. The van der Waals surface area contributed by atoms with Gasteiger partial charge in [0.25, 0.3) is 11.8 Å². The summed E-state index contributed by atoms with van der Waals surface area (Å²) in [6, 6.07) is 33.6. The number of hydrogen-bond acceptors (Lipinski definition) is 5. The van der Waals surface area contributed by atoms with Gasteiger partial charge in [0.05, 0.1) is 6.21 Å². The summed E-state index contributed by atoms with van der Waals surface area (Å²) in [6.07, 6.45) is 3.14. The lowest BCUT2D eigenvalue weighted by Crippen LogP contribution is -2.32. The number of carbonyl (C=O) groups is 2. The number of rotatable bonds is 10. The molecule has 4 aromatic carbocycles. The number of ether oxygens (including phenoxy) is 1. The van der Waals surface area contributed by atoms with Crippen molar-refractivity contribution in [2.75, 3.05) is 19.0 Å². The van der Waals surface area contributed by atoms with Crippen LogP contribution in [0.25, 0.3) is 6.08 Å². The Morgan fingerprint density at radius 1 is 0.821 bits per heavy atom. The fraction of sp³-hybridized carbons (Fsp3) is 0.0938. The quantitative estimate of drug-likeness (QED) is 0.171. The van der Waals surface area contributed by atoms with Gasteiger partial charge < -0.3 is 15.0 Å². The monoisotopic (exact) mass is 518 g/mol. The number of benzene rings is 4. The largest absolute Gasteiger partial charge is 0.489 e. The van der Waals surface area contributed by atoms with Gasteiger partial charge in [0, 0.05) is 25.3 Å². The molecule has 4 rings (SSSR count). The van der Waals surface area contributed by atoms with Gasteiger partial charge in [-0.15, -0.1) is 0 Å². The van der Waals surface area contributed by atoms with Crippen LogP contribution in [0.1, 0.15) is 27.0 Å². The Balaban J connectivity index is 1.46. The van der Waals surface area contributed by atoms with E-state index in [4.69, 9.17) is 4.74 Å². The van der Waals surface area contributed by atoms with E-state index in [1.165, 1.54) is 6.21 Å². The van der Waals surface area contributed by atoms with Crippen molar-refractivity contribution in [3.8, 4) is 5.75 Å². The van der Waals surface area contributed by atoms with Gasteiger partial charge in [-0.2, -0.15) is 5.10 Å². The third-order valence-corrected chi connectivity index (χ3v) is 5.74. The SMILES string of the molecule is CN(C)c1ccc(/C=C(/NC(=O)c2ccccc2)C(=O)N/N=C/c2cccc(OCc3ccccc3)c2)cc1. The molecule has 0 aliphatic carbocycles. The molecule has 0 heterocycles. The maximum absolute atomic E-state index is 13.1. The molecule has 196 valence electrons. The highest BCUT2D eigenvalue weighted by atomic mass is 16.5. The predicted octanol–water partition coefficient (Wildman–Crippen LogP) is 5.25. The number of nitrogens with one attached hydrogen (secondary N) is 2. The third-order valence-electron chi connectivity index (χ3n) is 5.74. The fourth-order valence-corrected chi connectivity index (χ4v) is 3.63. The molecule has 7 nitrogen and oxygen atoms in total. The molecule has 0 radical (unpaired) electrons. The minimum Gasteiger partial charge on any atom is -0.489 e. The van der Waals surface area contributed by atoms with E-state index in [9.17, 15) is 9.59 Å². The second kappa shape index (κ2) is 13.4. The van der Waals surface area contributed by atoms with Crippen LogP contribution >= 0.6 is 0 Å². The molecule has 0 aliphatic rings. The van der Waals surface area contributed by atoms with Crippen molar-refractivity contribution in [2.24, 2.45) is 5.10 Å². The van der Waals surface area contributed by atoms with E-state index >= 15 is 0 Å². The van der Waals surface area contributed by atoms with Gasteiger partial charge in [0.15, 0.2) is 0 Å². The Morgan fingerprint density at radius 2 is 1.51 bits per heavy atom. The van der Waals surface area contributed by atoms with Gasteiger partial charge in [0.1, 0.15) is 18.1 Å². The second-order valence-corrected chi connectivity index (χ2v) is 8.91. The Labute approximate surface area is 228 Å². The number of carbonyl (C=O) groups excluding carboxylic acids is 2. The van der Waals surface area contributed by atoms with Crippen LogP contribution in [0.2, 0.25) is 0 Å². The lowest BCUT2D eigenvalue weighted by atomic mass is 10.1. The summed E-state index contributed by atoms with van der Waals surface area (Å²) in [5, 5.41) is 6.82. The van der Waals surface area contributed by atoms with Crippen LogP contribution < -0.4 is 20.4 Å². The highest BCUT2D eigenvalue weighted by molar-refractivity contribution is 6.05. The summed E-state index contributed by atoms with van der Waals surface area (Å²) in [5.41, 5.74) is 6.61. The normalized spacial score (nSPS) is 11.2. The maximum atomic E-state index is 13.1. The van der Waals surface area contributed by atoms with Gasteiger partial charge in [-0.1, -0.05) is 72.8 Å². The van der Waals surface area contributed by atoms with E-state index < -0.39 is 11.8 Å². The summed E-state index contributed by atoms with van der Waals surface area (Å²) >= 11 is 0. The highest BCUT2D eigenvalue weighted by Crippen LogP contribution is 2.16. The second-order valence-electron chi connectivity index (χ2n) is 8.91. The van der Waals surface area contributed by atoms with Crippen LogP contribution in [0.15, 0.2) is 120 Å². The van der Waals surface area contributed by atoms with Crippen molar-refractivity contribution in [1.82, 2.24) is 10.7 Å². The van der Waals surface area contributed by atoms with Gasteiger partial charge in [-0.3, -0.25) is 9.59 Å². The summed E-state index contributed by atoms with van der Waals surface area (Å²) in [5.74, 6) is -0.260. The van der Waals surface area contributed by atoms with Crippen LogP contribution in [0.5, 0.6) is 5.75 Å². The van der Waals surface area contributed by atoms with Gasteiger partial charge >= 0.3 is 0 Å². The lowest BCUT2D eigenvalue weighted by Gasteiger charge is -2.12. The molecule has 39 heavy (non-hydrogen) atoms. The molecule has 0 unspecified atom stereocenters. The molecule has 2 amide bonds. The van der Waals surface area contributed by atoms with Crippen molar-refractivity contribution in [3.05, 3.63) is 137 Å². The van der Waals surface area contributed by atoms with E-state index in [1.807, 2.05) is 104 Å². The predicted molar refractivity (Wildman–Crippen MR) is 156 cm³/mol. The Kier molecular flexibility index (Phi) is 9.23. The molecular weight excluding hydrogens is 488 g/mol. The zero-order chi connectivity index (χ0) is 27.5. The van der Waals surface area contributed by atoms with Crippen LogP contribution in [0.4, 0.5) is 5.69 Å². The van der Waals surface area contributed by atoms with Gasteiger partial charge in [0.2, 0.25) is 0 Å². The lowest BCUT2D eigenvalue weighted by molar-refractivity contribution is -0.117. The molecule has 0 spiro atoms. The summed E-state index contributed by atoms with van der Waals surface area (Å²) in [7, 11) is 3.90. The molecule has 0 aliphatic heterocycles. The van der Waals surface area contributed by atoms with Crippen molar-refractivity contribution in [3.63, 3.8) is 0 Å². The van der Waals surface area contributed by atoms with Crippen molar-refractivity contribution in [1.29, 1.82) is 0 Å². The molecule has 0 bridgehead atoms. The molecule has 4 aromatic rings. The first kappa shape index (κ1) is 26.9. The van der Waals surface area contributed by atoms with Crippen molar-refractivity contribution in [2.45, 2.75) is 6.61 Å². The van der Waals surface area contributed by atoms with E-state index in [2.05, 4.69) is 15.8 Å². The topological polar surface area (TPSA) is 83.0 Å². The van der Waals surface area contributed by atoms with E-state index in [0.29, 0.717) is 17.9 Å². The van der Waals surface area contributed by atoms with Crippen LogP contribution in [0.3, 0.4) is 0 Å². The summed E-state index contributed by atoms with van der Waals surface area (Å²) < 4.78 is 5.87. The first-order chi connectivity index (χ1) is 19.0. The van der Waals surface area contributed by atoms with E-state index in [0.717, 1.165) is 22.4 Å². The fourth-order valence-electron chi connectivity index (χ4n) is 3.63. The minimum absolute atomic E-state index is 0.0681. The first-order valence-corrected chi connectivity index (χ1v) is 12.4. The van der Waals surface area contributed by atoms with Gasteiger partial charge in [-0.25, -0.2) is 5.43 Å². The average molecular weight is 519 g/mol. The molecule has 0 atom stereocenters. The summed E-state index contributed by atoms with van der Waals surface area (Å²) in [4.78, 5) is 27.8. The number of amides is 2. The Morgan fingerprint density at radius 3 is 2.21 bits per heavy atom. The zero-order valence-corrected chi connectivity index (χ0v) is 21.9. The van der Waals surface area contributed by atoms with Crippen molar-refractivity contribution >= 4 is 29.8 Å². The third kappa shape index (κ3) is 8.16. The maximum Gasteiger partial charge on any atom is 0.287 e. The Hall–Kier alpha value is -5.17. The standard InChI is InChI=1S/C32H30N4O3/c1-36(2)28-18-16-24(17-19-28)21-30(34-31(37)27-13-7-4-8-14-27)32(38)35-33-22-26-12-9-15-29(20-26)39-23-25-10-5-3-6-11-25/h3-22H,23H2,1-2H3,(H,34,37)(H,35,38)/b30-21+,33-22+. The number of hydrazone groups is 1. The number of hydrogen-bond donors (Lipinski definition) is 2. The molecule has 0 aromatic heterocycles. The molecule has 7 heteroatoms. The van der Waals surface area contributed by atoms with Crippen LogP contribution in [-0.4, -0.2) is 32.1 Å². The molecule has 0 saturated carbocycles. The van der Waals surface area contributed by atoms with Crippen LogP contribution in [-0.2, 0) is 11.4 Å². The molecule has 0 saturated heterocycles. The Bertz CT molecular complexity index is 1450. The smallest absolute Gasteiger partial charge is 0.287 e. The number of anilines is 1. The number of nitrogens with zero attached hydrogens (tertiary/aromatic N) is 2. The van der Waals surface area contributed by atoms with E-state index in [1.54, 1.807) is 30.3 Å². The van der Waals surface area contributed by atoms with Crippen molar-refractivity contribution < 1.29 is 14.3 Å². The summed E-state index contributed by atoms with van der Waals surface area (Å²) in [6.45, 7) is 0.447.